The fourth-order valence-corrected chi connectivity index (χ4v) is 3.21. The van der Waals surface area contributed by atoms with Gasteiger partial charge in [0.2, 0.25) is 27.7 Å². The van der Waals surface area contributed by atoms with Crippen LogP contribution in [0.3, 0.4) is 0 Å². The Balaban J connectivity index is 1.41. The van der Waals surface area contributed by atoms with E-state index in [1.54, 1.807) is 31.2 Å². The maximum Gasteiger partial charge on any atom is 0.238 e. The van der Waals surface area contributed by atoms with E-state index in [0.717, 1.165) is 6.20 Å². The second kappa shape index (κ2) is 9.18. The van der Waals surface area contributed by atoms with Gasteiger partial charge in [-0.1, -0.05) is 5.16 Å². The van der Waals surface area contributed by atoms with Gasteiger partial charge in [0.05, 0.1) is 11.1 Å². The lowest BCUT2D eigenvalue weighted by Crippen LogP contribution is -2.11. The number of hydrogen-bond acceptors (Lipinski definition) is 10. The number of hydrogen-bond donors (Lipinski definition) is 3. The van der Waals surface area contributed by atoms with E-state index in [2.05, 4.69) is 30.7 Å². The quantitative estimate of drug-likeness (QED) is 0.349. The van der Waals surface area contributed by atoms with Gasteiger partial charge in [-0.15, -0.1) is 0 Å². The first-order valence-electron chi connectivity index (χ1n) is 9.48. The van der Waals surface area contributed by atoms with Crippen molar-refractivity contribution in [2.24, 2.45) is 5.14 Å². The lowest BCUT2D eigenvalue weighted by molar-refractivity contribution is 0.286. The Morgan fingerprint density at radius 2 is 1.70 bits per heavy atom. The molecule has 0 aliphatic heterocycles. The van der Waals surface area contributed by atoms with Crippen molar-refractivity contribution in [1.82, 2.24) is 20.1 Å². The van der Waals surface area contributed by atoms with Crippen molar-refractivity contribution in [1.29, 1.82) is 0 Å². The number of sulfonamides is 1. The molecule has 11 nitrogen and oxygen atoms in total. The second-order valence-electron chi connectivity index (χ2n) is 6.75. The minimum Gasteiger partial charge on any atom is -0.485 e. The SMILES string of the molecule is Cc1nc(COc2ccc(Nc3nc(Nc4ccc(S(N)(=O)=O)cc4)ncc3F)cc2)no1. The van der Waals surface area contributed by atoms with Crippen LogP contribution in [0.5, 0.6) is 5.75 Å². The number of benzene rings is 2. The van der Waals surface area contributed by atoms with Crippen molar-refractivity contribution in [2.45, 2.75) is 18.4 Å². The Labute approximate surface area is 187 Å². The van der Waals surface area contributed by atoms with Crippen LogP contribution in [0.1, 0.15) is 11.7 Å². The number of ether oxygens (including phenoxy) is 1. The van der Waals surface area contributed by atoms with Crippen LogP contribution in [0, 0.1) is 12.7 Å². The van der Waals surface area contributed by atoms with Crippen molar-refractivity contribution < 1.29 is 22.1 Å². The molecule has 2 heterocycles. The molecular weight excluding hydrogens is 453 g/mol. The number of aryl methyl sites for hydroxylation is 1. The van der Waals surface area contributed by atoms with E-state index in [-0.39, 0.29) is 23.3 Å². The van der Waals surface area contributed by atoms with E-state index in [9.17, 15) is 12.8 Å². The molecule has 0 aliphatic carbocycles. The van der Waals surface area contributed by atoms with Gasteiger partial charge >= 0.3 is 0 Å². The zero-order valence-electron chi connectivity index (χ0n) is 17.2. The fraction of sp³-hybridized carbons (Fsp3) is 0.100. The third-order valence-electron chi connectivity index (χ3n) is 4.24. The molecule has 2 aromatic heterocycles. The first kappa shape index (κ1) is 22.1. The van der Waals surface area contributed by atoms with Crippen LogP contribution in [0.4, 0.5) is 27.5 Å². The molecule has 13 heteroatoms. The number of nitrogens with one attached hydrogen (secondary N) is 2. The summed E-state index contributed by atoms with van der Waals surface area (Å²) in [5.41, 5.74) is 1.07. The third kappa shape index (κ3) is 5.78. The molecule has 0 saturated heterocycles. The first-order chi connectivity index (χ1) is 15.8. The molecule has 0 aliphatic rings. The van der Waals surface area contributed by atoms with Gasteiger partial charge < -0.3 is 19.9 Å². The van der Waals surface area contributed by atoms with Gasteiger partial charge in [0.25, 0.3) is 0 Å². The fourth-order valence-electron chi connectivity index (χ4n) is 2.69. The number of primary sulfonamides is 1. The largest absolute Gasteiger partial charge is 0.485 e. The summed E-state index contributed by atoms with van der Waals surface area (Å²) >= 11 is 0. The molecule has 0 amide bonds. The van der Waals surface area contributed by atoms with Gasteiger partial charge in [0.15, 0.2) is 18.2 Å². The van der Waals surface area contributed by atoms with Crippen molar-refractivity contribution in [2.75, 3.05) is 10.6 Å². The molecule has 4 rings (SSSR count). The highest BCUT2D eigenvalue weighted by molar-refractivity contribution is 7.89. The van der Waals surface area contributed by atoms with Gasteiger partial charge in [-0.25, -0.2) is 22.9 Å². The van der Waals surface area contributed by atoms with Crippen molar-refractivity contribution in [3.8, 4) is 5.75 Å². The molecule has 4 N–H and O–H groups in total. The average Bonchev–Trinajstić information content (AvgIpc) is 3.20. The highest BCUT2D eigenvalue weighted by Crippen LogP contribution is 2.23. The summed E-state index contributed by atoms with van der Waals surface area (Å²) in [6, 6.07) is 12.4. The Morgan fingerprint density at radius 1 is 1.03 bits per heavy atom. The number of aromatic nitrogens is 4. The molecule has 4 aromatic rings. The molecule has 0 atom stereocenters. The Bertz CT molecular complexity index is 1360. The lowest BCUT2D eigenvalue weighted by atomic mass is 10.3. The summed E-state index contributed by atoms with van der Waals surface area (Å²) in [7, 11) is -3.80. The number of nitrogens with two attached hydrogens (primary N) is 1. The molecule has 0 fully saturated rings. The Morgan fingerprint density at radius 3 is 2.33 bits per heavy atom. The van der Waals surface area contributed by atoms with E-state index < -0.39 is 15.8 Å². The topological polar surface area (TPSA) is 158 Å². The van der Waals surface area contributed by atoms with E-state index >= 15 is 0 Å². The highest BCUT2D eigenvalue weighted by atomic mass is 32.2. The van der Waals surface area contributed by atoms with Crippen LogP contribution in [0.25, 0.3) is 0 Å². The molecule has 0 spiro atoms. The van der Waals surface area contributed by atoms with E-state index in [1.165, 1.54) is 24.3 Å². The predicted molar refractivity (Wildman–Crippen MR) is 116 cm³/mol. The van der Waals surface area contributed by atoms with Crippen molar-refractivity contribution in [3.05, 3.63) is 72.3 Å². The molecular formula is C20H18FN7O4S. The number of rotatable bonds is 8. The van der Waals surface area contributed by atoms with Gasteiger partial charge in [-0.05, 0) is 48.5 Å². The molecule has 0 saturated carbocycles. The summed E-state index contributed by atoms with van der Waals surface area (Å²) < 4.78 is 47.4. The van der Waals surface area contributed by atoms with Crippen LogP contribution in [-0.2, 0) is 16.6 Å². The second-order valence-corrected chi connectivity index (χ2v) is 8.31. The molecule has 2 aromatic carbocycles. The van der Waals surface area contributed by atoms with Crippen LogP contribution >= 0.6 is 0 Å². The molecule has 33 heavy (non-hydrogen) atoms. The Hall–Kier alpha value is -4.10. The minimum absolute atomic E-state index is 0.0322. The third-order valence-corrected chi connectivity index (χ3v) is 5.17. The lowest BCUT2D eigenvalue weighted by Gasteiger charge is -2.10. The summed E-state index contributed by atoms with van der Waals surface area (Å²) in [4.78, 5) is 12.0. The van der Waals surface area contributed by atoms with Crippen molar-refractivity contribution in [3.63, 3.8) is 0 Å². The smallest absolute Gasteiger partial charge is 0.238 e. The number of anilines is 4. The maximum atomic E-state index is 14.2. The summed E-state index contributed by atoms with van der Waals surface area (Å²) in [6.45, 7) is 1.84. The van der Waals surface area contributed by atoms with Gasteiger partial charge in [0.1, 0.15) is 5.75 Å². The average molecular weight is 471 g/mol. The number of halogens is 1. The standard InChI is InChI=1S/C20H18FN7O4S/c1-12-24-18(28-32-12)11-31-15-6-2-13(3-7-15)25-19-17(21)10-23-20(27-19)26-14-4-8-16(9-5-14)33(22,29)30/h2-10H,11H2,1H3,(H2,22,29,30)(H2,23,25,26,27). The molecule has 170 valence electrons. The zero-order chi connectivity index (χ0) is 23.4. The van der Waals surface area contributed by atoms with Gasteiger partial charge in [-0.2, -0.15) is 9.97 Å². The first-order valence-corrected chi connectivity index (χ1v) is 11.0. The van der Waals surface area contributed by atoms with Crippen LogP contribution in [-0.4, -0.2) is 28.5 Å². The minimum atomic E-state index is -3.80. The summed E-state index contributed by atoms with van der Waals surface area (Å²) in [5, 5.41) is 14.6. The van der Waals surface area contributed by atoms with Crippen LogP contribution in [0.15, 0.2) is 64.1 Å². The Kier molecular flexibility index (Phi) is 6.15. The van der Waals surface area contributed by atoms with Crippen molar-refractivity contribution >= 4 is 33.2 Å². The summed E-state index contributed by atoms with van der Waals surface area (Å²) in [6.07, 6.45) is 1.01. The summed E-state index contributed by atoms with van der Waals surface area (Å²) in [5.74, 6) is 0.850. The normalized spacial score (nSPS) is 11.2. The van der Waals surface area contributed by atoms with Crippen LogP contribution in [0.2, 0.25) is 0 Å². The molecule has 0 bridgehead atoms. The number of nitrogens with zero attached hydrogens (tertiary/aromatic N) is 4. The van der Waals surface area contributed by atoms with E-state index in [4.69, 9.17) is 14.4 Å². The highest BCUT2D eigenvalue weighted by Gasteiger charge is 2.10. The molecule has 0 radical (unpaired) electrons. The molecule has 0 unspecified atom stereocenters. The van der Waals surface area contributed by atoms with Gasteiger partial charge in [0, 0.05) is 18.3 Å². The van der Waals surface area contributed by atoms with E-state index in [1.807, 2.05) is 0 Å². The van der Waals surface area contributed by atoms with Gasteiger partial charge in [-0.3, -0.25) is 0 Å². The maximum absolute atomic E-state index is 14.2. The zero-order valence-corrected chi connectivity index (χ0v) is 18.0. The monoisotopic (exact) mass is 471 g/mol. The van der Waals surface area contributed by atoms with E-state index in [0.29, 0.717) is 28.8 Å². The van der Waals surface area contributed by atoms with Crippen LogP contribution < -0.4 is 20.5 Å². The predicted octanol–water partition coefficient (Wildman–Crippen LogP) is 3.02.